The van der Waals surface area contributed by atoms with Gasteiger partial charge in [0.15, 0.2) is 0 Å². The molecule has 0 heterocycles. The number of esters is 1. The molecule has 0 aliphatic rings. The number of carbonyl (C=O) groups excluding carboxylic acids is 1. The summed E-state index contributed by atoms with van der Waals surface area (Å²) in [4.78, 5) is 11.5. The van der Waals surface area contributed by atoms with E-state index in [1.165, 1.54) is 0 Å². The SMILES string of the molecule is CC(C)(C)OC(=O)C(C)(N)CCN.N. The van der Waals surface area contributed by atoms with Crippen molar-refractivity contribution in [2.45, 2.75) is 45.3 Å². The molecule has 0 saturated heterocycles. The van der Waals surface area contributed by atoms with E-state index < -0.39 is 17.1 Å². The minimum absolute atomic E-state index is 0. The summed E-state index contributed by atoms with van der Waals surface area (Å²) in [6, 6.07) is 0. The van der Waals surface area contributed by atoms with Crippen LogP contribution in [-0.4, -0.2) is 23.7 Å². The molecule has 5 heteroatoms. The molecule has 0 bridgehead atoms. The van der Waals surface area contributed by atoms with Crippen molar-refractivity contribution in [2.24, 2.45) is 11.5 Å². The molecule has 86 valence electrons. The van der Waals surface area contributed by atoms with Gasteiger partial charge in [-0.25, -0.2) is 0 Å². The third-order valence-corrected chi connectivity index (χ3v) is 1.53. The Labute approximate surface area is 85.7 Å². The Morgan fingerprint density at radius 2 is 1.71 bits per heavy atom. The Balaban J connectivity index is 0. The summed E-state index contributed by atoms with van der Waals surface area (Å²) in [5, 5.41) is 0. The standard InChI is InChI=1S/C9H20N2O2.H3N/c1-8(2,3)13-7(12)9(4,11)5-6-10;/h5-6,10-11H2,1-4H3;1H3. The molecular weight excluding hydrogens is 182 g/mol. The zero-order valence-electron chi connectivity index (χ0n) is 9.59. The lowest BCUT2D eigenvalue weighted by atomic mass is 9.99. The topological polar surface area (TPSA) is 113 Å². The highest BCUT2D eigenvalue weighted by atomic mass is 16.6. The average molecular weight is 205 g/mol. The molecule has 0 spiro atoms. The molecule has 0 aliphatic carbocycles. The Hall–Kier alpha value is -0.650. The number of carbonyl (C=O) groups is 1. The molecule has 1 unspecified atom stereocenters. The van der Waals surface area contributed by atoms with Crippen molar-refractivity contribution in [2.75, 3.05) is 6.54 Å². The summed E-state index contributed by atoms with van der Waals surface area (Å²) >= 11 is 0. The van der Waals surface area contributed by atoms with E-state index >= 15 is 0 Å². The van der Waals surface area contributed by atoms with E-state index in [2.05, 4.69) is 0 Å². The first kappa shape index (κ1) is 15.8. The van der Waals surface area contributed by atoms with Gasteiger partial charge >= 0.3 is 5.97 Å². The van der Waals surface area contributed by atoms with Crippen molar-refractivity contribution < 1.29 is 9.53 Å². The minimum atomic E-state index is -0.970. The van der Waals surface area contributed by atoms with Crippen LogP contribution in [0.4, 0.5) is 0 Å². The van der Waals surface area contributed by atoms with E-state index in [-0.39, 0.29) is 6.15 Å². The monoisotopic (exact) mass is 205 g/mol. The zero-order valence-corrected chi connectivity index (χ0v) is 9.59. The van der Waals surface area contributed by atoms with Crippen LogP contribution in [0.1, 0.15) is 34.1 Å². The molecule has 0 amide bonds. The molecule has 0 aromatic rings. The summed E-state index contributed by atoms with van der Waals surface area (Å²) in [6.45, 7) is 7.44. The first-order chi connectivity index (χ1) is 5.69. The lowest BCUT2D eigenvalue weighted by Crippen LogP contribution is -2.49. The maximum absolute atomic E-state index is 11.5. The van der Waals surface area contributed by atoms with Gasteiger partial charge in [-0.15, -0.1) is 0 Å². The maximum atomic E-state index is 11.5. The fourth-order valence-corrected chi connectivity index (χ4v) is 0.797. The van der Waals surface area contributed by atoms with Gasteiger partial charge in [0.25, 0.3) is 0 Å². The van der Waals surface area contributed by atoms with Crippen molar-refractivity contribution >= 4 is 5.97 Å². The largest absolute Gasteiger partial charge is 0.459 e. The normalized spacial score (nSPS) is 15.3. The molecular formula is C9H23N3O2. The Bertz CT molecular complexity index is 185. The van der Waals surface area contributed by atoms with Crippen LogP contribution in [0.2, 0.25) is 0 Å². The Kier molecular flexibility index (Phi) is 5.97. The number of hydrogen-bond acceptors (Lipinski definition) is 5. The zero-order chi connectivity index (χ0) is 10.7. The highest BCUT2D eigenvalue weighted by molar-refractivity contribution is 5.80. The first-order valence-corrected chi connectivity index (χ1v) is 4.41. The second-order valence-electron chi connectivity index (χ2n) is 4.46. The summed E-state index contributed by atoms with van der Waals surface area (Å²) < 4.78 is 5.14. The predicted molar refractivity (Wildman–Crippen MR) is 57.1 cm³/mol. The Morgan fingerprint density at radius 3 is 2.00 bits per heavy atom. The van der Waals surface area contributed by atoms with Gasteiger partial charge in [0.1, 0.15) is 11.1 Å². The molecule has 5 nitrogen and oxygen atoms in total. The van der Waals surface area contributed by atoms with E-state index in [0.29, 0.717) is 13.0 Å². The molecule has 0 fully saturated rings. The van der Waals surface area contributed by atoms with Crippen LogP contribution in [0.25, 0.3) is 0 Å². The van der Waals surface area contributed by atoms with Gasteiger partial charge in [-0.05, 0) is 40.7 Å². The van der Waals surface area contributed by atoms with Crippen molar-refractivity contribution in [1.29, 1.82) is 0 Å². The van der Waals surface area contributed by atoms with E-state index in [0.717, 1.165) is 0 Å². The molecule has 0 saturated carbocycles. The van der Waals surface area contributed by atoms with Crippen LogP contribution >= 0.6 is 0 Å². The van der Waals surface area contributed by atoms with E-state index in [1.807, 2.05) is 20.8 Å². The van der Waals surface area contributed by atoms with Gasteiger partial charge < -0.3 is 22.4 Å². The van der Waals surface area contributed by atoms with Gasteiger partial charge in [0, 0.05) is 0 Å². The fraction of sp³-hybridized carbons (Fsp3) is 0.889. The van der Waals surface area contributed by atoms with Crippen LogP contribution in [0.3, 0.4) is 0 Å². The van der Waals surface area contributed by atoms with Crippen molar-refractivity contribution in [3.63, 3.8) is 0 Å². The van der Waals surface area contributed by atoms with E-state index in [4.69, 9.17) is 16.2 Å². The number of ether oxygens (including phenoxy) is 1. The number of hydrogen-bond donors (Lipinski definition) is 3. The average Bonchev–Trinajstić information content (AvgIpc) is 1.82. The summed E-state index contributed by atoms with van der Waals surface area (Å²) in [5.41, 5.74) is 9.59. The summed E-state index contributed by atoms with van der Waals surface area (Å²) in [5.74, 6) is -0.398. The molecule has 0 aliphatic heterocycles. The second kappa shape index (κ2) is 5.29. The van der Waals surface area contributed by atoms with Crippen molar-refractivity contribution in [3.05, 3.63) is 0 Å². The molecule has 7 N–H and O–H groups in total. The number of rotatable bonds is 3. The second-order valence-corrected chi connectivity index (χ2v) is 4.46. The fourth-order valence-electron chi connectivity index (χ4n) is 0.797. The number of nitrogens with two attached hydrogens (primary N) is 2. The summed E-state index contributed by atoms with van der Waals surface area (Å²) in [7, 11) is 0. The predicted octanol–water partition coefficient (Wildman–Crippen LogP) is 0.556. The lowest BCUT2D eigenvalue weighted by Gasteiger charge is -2.27. The first-order valence-electron chi connectivity index (χ1n) is 4.41. The van der Waals surface area contributed by atoms with E-state index in [1.54, 1.807) is 6.92 Å². The molecule has 0 radical (unpaired) electrons. The smallest absolute Gasteiger partial charge is 0.326 e. The van der Waals surface area contributed by atoms with Crippen LogP contribution in [0, 0.1) is 0 Å². The van der Waals surface area contributed by atoms with Crippen LogP contribution < -0.4 is 17.6 Å². The van der Waals surface area contributed by atoms with Crippen LogP contribution in [0.15, 0.2) is 0 Å². The summed E-state index contributed by atoms with van der Waals surface area (Å²) in [6.07, 6.45) is 0.432. The molecule has 0 rings (SSSR count). The van der Waals surface area contributed by atoms with Gasteiger partial charge in [-0.3, -0.25) is 4.79 Å². The minimum Gasteiger partial charge on any atom is -0.459 e. The van der Waals surface area contributed by atoms with Crippen LogP contribution in [-0.2, 0) is 9.53 Å². The van der Waals surface area contributed by atoms with Gasteiger partial charge in [0.2, 0.25) is 0 Å². The van der Waals surface area contributed by atoms with Gasteiger partial charge in [-0.1, -0.05) is 0 Å². The molecule has 14 heavy (non-hydrogen) atoms. The lowest BCUT2D eigenvalue weighted by molar-refractivity contribution is -0.161. The van der Waals surface area contributed by atoms with E-state index in [9.17, 15) is 4.79 Å². The van der Waals surface area contributed by atoms with Crippen molar-refractivity contribution in [1.82, 2.24) is 6.15 Å². The third kappa shape index (κ3) is 5.90. The maximum Gasteiger partial charge on any atom is 0.326 e. The third-order valence-electron chi connectivity index (χ3n) is 1.53. The molecule has 1 atom stereocenters. The highest BCUT2D eigenvalue weighted by Crippen LogP contribution is 2.14. The Morgan fingerprint density at radius 1 is 1.29 bits per heavy atom. The molecule has 0 aromatic heterocycles. The van der Waals surface area contributed by atoms with Gasteiger partial charge in [-0.2, -0.15) is 0 Å². The highest BCUT2D eigenvalue weighted by Gasteiger charge is 2.32. The molecule has 0 aromatic carbocycles. The quantitative estimate of drug-likeness (QED) is 0.582. The van der Waals surface area contributed by atoms with Gasteiger partial charge in [0.05, 0.1) is 0 Å². The van der Waals surface area contributed by atoms with Crippen molar-refractivity contribution in [3.8, 4) is 0 Å². The van der Waals surface area contributed by atoms with Crippen LogP contribution in [0.5, 0.6) is 0 Å².